The molecular formula is C19H23N3O3. The maximum atomic E-state index is 12.8. The summed E-state index contributed by atoms with van der Waals surface area (Å²) in [5, 5.41) is 2.90. The van der Waals surface area contributed by atoms with Crippen molar-refractivity contribution >= 4 is 11.8 Å². The number of likely N-dealkylation sites (N-methyl/N-ethyl adjacent to an activating group) is 1. The smallest absolute Gasteiger partial charge is 0.254 e. The van der Waals surface area contributed by atoms with Crippen molar-refractivity contribution < 1.29 is 14.3 Å². The Bertz CT molecular complexity index is 769. The van der Waals surface area contributed by atoms with Crippen LogP contribution in [0.5, 0.6) is 5.75 Å². The summed E-state index contributed by atoms with van der Waals surface area (Å²) in [7, 11) is 3.38. The number of rotatable bonds is 4. The molecule has 3 rings (SSSR count). The number of carbonyl (C=O) groups is 2. The third kappa shape index (κ3) is 3.52. The number of likely N-dealkylation sites (tertiary alicyclic amines) is 1. The Morgan fingerprint density at radius 2 is 2.04 bits per heavy atom. The molecule has 1 aliphatic rings. The quantitative estimate of drug-likeness (QED) is 0.897. The van der Waals surface area contributed by atoms with E-state index in [1.807, 2.05) is 24.3 Å². The number of aromatic nitrogens is 1. The maximum Gasteiger partial charge on any atom is 0.254 e. The van der Waals surface area contributed by atoms with Crippen molar-refractivity contribution in [1.82, 2.24) is 15.2 Å². The molecule has 0 saturated carbocycles. The molecule has 25 heavy (non-hydrogen) atoms. The molecule has 1 aliphatic heterocycles. The fraction of sp³-hybridized carbons (Fsp3) is 0.368. The van der Waals surface area contributed by atoms with Crippen molar-refractivity contribution in [3.05, 3.63) is 42.2 Å². The average molecular weight is 341 g/mol. The lowest BCUT2D eigenvalue weighted by Crippen LogP contribution is -2.46. The Morgan fingerprint density at radius 1 is 1.24 bits per heavy atom. The first-order valence-corrected chi connectivity index (χ1v) is 8.48. The topological polar surface area (TPSA) is 74.4 Å². The van der Waals surface area contributed by atoms with Crippen LogP contribution in [0.3, 0.4) is 0 Å². The van der Waals surface area contributed by atoms with Crippen LogP contribution < -0.4 is 10.1 Å². The molecular weight excluding hydrogens is 318 g/mol. The van der Waals surface area contributed by atoms with E-state index in [1.165, 1.54) is 0 Å². The van der Waals surface area contributed by atoms with Crippen molar-refractivity contribution in [3.63, 3.8) is 0 Å². The van der Waals surface area contributed by atoms with E-state index < -0.39 is 6.04 Å². The molecule has 1 aromatic heterocycles. The SMILES string of the molecule is COc1ccccc1-c1c[nH]cc1C(=O)N[C@@H]1CCCCN(C)C1=O. The molecule has 1 saturated heterocycles. The highest BCUT2D eigenvalue weighted by Gasteiger charge is 2.27. The van der Waals surface area contributed by atoms with Gasteiger partial charge in [0.2, 0.25) is 5.91 Å². The molecule has 0 spiro atoms. The van der Waals surface area contributed by atoms with E-state index in [4.69, 9.17) is 4.74 Å². The van der Waals surface area contributed by atoms with Crippen molar-refractivity contribution in [1.29, 1.82) is 0 Å². The lowest BCUT2D eigenvalue weighted by molar-refractivity contribution is -0.131. The molecule has 2 aromatic rings. The van der Waals surface area contributed by atoms with Crippen molar-refractivity contribution in [2.24, 2.45) is 0 Å². The van der Waals surface area contributed by atoms with Crippen LogP contribution in [0.25, 0.3) is 11.1 Å². The number of methoxy groups -OCH3 is 1. The van der Waals surface area contributed by atoms with Gasteiger partial charge in [-0.3, -0.25) is 9.59 Å². The predicted molar refractivity (Wildman–Crippen MR) is 95.5 cm³/mol. The van der Waals surface area contributed by atoms with Crippen LogP contribution >= 0.6 is 0 Å². The third-order valence-corrected chi connectivity index (χ3v) is 4.60. The van der Waals surface area contributed by atoms with Crippen molar-refractivity contribution in [2.45, 2.75) is 25.3 Å². The van der Waals surface area contributed by atoms with Gasteiger partial charge >= 0.3 is 0 Å². The Balaban J connectivity index is 1.84. The van der Waals surface area contributed by atoms with Crippen LogP contribution in [0.15, 0.2) is 36.7 Å². The summed E-state index contributed by atoms with van der Waals surface area (Å²) in [6.07, 6.45) is 5.98. The van der Waals surface area contributed by atoms with Gasteiger partial charge in [-0.1, -0.05) is 18.2 Å². The molecule has 0 bridgehead atoms. The number of ether oxygens (including phenoxy) is 1. The van der Waals surface area contributed by atoms with E-state index in [1.54, 1.807) is 31.5 Å². The fourth-order valence-corrected chi connectivity index (χ4v) is 3.21. The number of hydrogen-bond acceptors (Lipinski definition) is 3. The number of aromatic amines is 1. The van der Waals surface area contributed by atoms with Crippen LogP contribution in [0.4, 0.5) is 0 Å². The first kappa shape index (κ1) is 17.1. The zero-order valence-corrected chi connectivity index (χ0v) is 14.5. The summed E-state index contributed by atoms with van der Waals surface area (Å²) in [5.41, 5.74) is 2.09. The molecule has 132 valence electrons. The minimum atomic E-state index is -0.472. The van der Waals surface area contributed by atoms with Gasteiger partial charge < -0.3 is 19.9 Å². The van der Waals surface area contributed by atoms with Gasteiger partial charge in [-0.15, -0.1) is 0 Å². The molecule has 2 N–H and O–H groups in total. The first-order valence-electron chi connectivity index (χ1n) is 8.48. The van der Waals surface area contributed by atoms with Gasteiger partial charge in [0.25, 0.3) is 5.91 Å². The highest BCUT2D eigenvalue weighted by molar-refractivity contribution is 6.03. The average Bonchev–Trinajstić information content (AvgIpc) is 3.07. The number of nitrogens with one attached hydrogen (secondary N) is 2. The third-order valence-electron chi connectivity index (χ3n) is 4.60. The van der Waals surface area contributed by atoms with Crippen LogP contribution in [0.2, 0.25) is 0 Å². The first-order chi connectivity index (χ1) is 12.1. The Labute approximate surface area is 147 Å². The highest BCUT2D eigenvalue weighted by Crippen LogP contribution is 2.32. The number of amides is 2. The number of nitrogens with zero attached hydrogens (tertiary/aromatic N) is 1. The summed E-state index contributed by atoms with van der Waals surface area (Å²) in [5.74, 6) is 0.414. The van der Waals surface area contributed by atoms with E-state index in [9.17, 15) is 9.59 Å². The van der Waals surface area contributed by atoms with E-state index >= 15 is 0 Å². The summed E-state index contributed by atoms with van der Waals surface area (Å²) < 4.78 is 5.40. The van der Waals surface area contributed by atoms with Gasteiger partial charge in [-0.2, -0.15) is 0 Å². The van der Waals surface area contributed by atoms with Crippen LogP contribution in [-0.4, -0.2) is 48.4 Å². The molecule has 0 aliphatic carbocycles. The number of carbonyl (C=O) groups excluding carboxylic acids is 2. The molecule has 0 radical (unpaired) electrons. The molecule has 6 nitrogen and oxygen atoms in total. The van der Waals surface area contributed by atoms with E-state index in [-0.39, 0.29) is 11.8 Å². The molecule has 0 unspecified atom stereocenters. The highest BCUT2D eigenvalue weighted by atomic mass is 16.5. The molecule has 1 fully saturated rings. The number of para-hydroxylation sites is 1. The second-order valence-corrected chi connectivity index (χ2v) is 6.26. The largest absolute Gasteiger partial charge is 0.496 e. The number of H-pyrrole nitrogens is 1. The monoisotopic (exact) mass is 341 g/mol. The van der Waals surface area contributed by atoms with E-state index in [0.29, 0.717) is 17.7 Å². The van der Waals surface area contributed by atoms with Crippen molar-refractivity contribution in [3.8, 4) is 16.9 Å². The zero-order valence-electron chi connectivity index (χ0n) is 14.5. The van der Waals surface area contributed by atoms with Gasteiger partial charge in [0, 0.05) is 37.1 Å². The van der Waals surface area contributed by atoms with Crippen molar-refractivity contribution in [2.75, 3.05) is 20.7 Å². The Kier molecular flexibility index (Phi) is 5.07. The van der Waals surface area contributed by atoms with E-state index in [2.05, 4.69) is 10.3 Å². The predicted octanol–water partition coefficient (Wildman–Crippen LogP) is 2.43. The van der Waals surface area contributed by atoms with E-state index in [0.717, 1.165) is 30.5 Å². The molecule has 1 atom stereocenters. The molecule has 6 heteroatoms. The lowest BCUT2D eigenvalue weighted by Gasteiger charge is -2.21. The van der Waals surface area contributed by atoms with Crippen LogP contribution in [0, 0.1) is 0 Å². The standard InChI is InChI=1S/C19H23N3O3/c1-22-10-6-5-8-16(19(22)24)21-18(23)15-12-20-11-14(15)13-7-3-4-9-17(13)25-2/h3-4,7,9,11-12,16,20H,5-6,8,10H2,1-2H3,(H,21,23)/t16-/m1/s1. The summed E-state index contributed by atoms with van der Waals surface area (Å²) >= 11 is 0. The second kappa shape index (κ2) is 7.42. The van der Waals surface area contributed by atoms with Gasteiger partial charge in [0.1, 0.15) is 11.8 Å². The maximum absolute atomic E-state index is 12.8. The van der Waals surface area contributed by atoms with Gasteiger partial charge in [-0.25, -0.2) is 0 Å². The van der Waals surface area contributed by atoms with Crippen LogP contribution in [0.1, 0.15) is 29.6 Å². The summed E-state index contributed by atoms with van der Waals surface area (Å²) in [6.45, 7) is 0.738. The number of benzene rings is 1. The molecule has 2 heterocycles. The van der Waals surface area contributed by atoms with Gasteiger partial charge in [0.15, 0.2) is 0 Å². The second-order valence-electron chi connectivity index (χ2n) is 6.26. The van der Waals surface area contributed by atoms with Gasteiger partial charge in [0.05, 0.1) is 12.7 Å². The lowest BCUT2D eigenvalue weighted by atomic mass is 10.0. The fourth-order valence-electron chi connectivity index (χ4n) is 3.21. The Morgan fingerprint density at radius 3 is 2.84 bits per heavy atom. The minimum absolute atomic E-state index is 0.0276. The normalized spacial score (nSPS) is 17.9. The number of hydrogen-bond donors (Lipinski definition) is 2. The van der Waals surface area contributed by atoms with Crippen LogP contribution in [-0.2, 0) is 4.79 Å². The summed E-state index contributed by atoms with van der Waals surface area (Å²) in [6, 6.07) is 7.07. The molecule has 2 amide bonds. The minimum Gasteiger partial charge on any atom is -0.496 e. The van der Waals surface area contributed by atoms with Gasteiger partial charge in [-0.05, 0) is 25.3 Å². The molecule has 1 aromatic carbocycles. The zero-order chi connectivity index (χ0) is 17.8. The Hall–Kier alpha value is -2.76. The summed E-state index contributed by atoms with van der Waals surface area (Å²) in [4.78, 5) is 29.9.